The highest BCUT2D eigenvalue weighted by Crippen LogP contribution is 2.48. The third kappa shape index (κ3) is 24.0. The van der Waals surface area contributed by atoms with E-state index in [0.717, 1.165) is 51.4 Å². The number of carbonyl (C=O) groups is 2. The molecule has 0 aromatic carbocycles. The molecule has 13 atom stereocenters. The van der Waals surface area contributed by atoms with E-state index >= 15 is 0 Å². The van der Waals surface area contributed by atoms with E-state index in [4.69, 9.17) is 28.0 Å². The molecule has 0 bridgehead atoms. The van der Waals surface area contributed by atoms with Crippen molar-refractivity contribution in [2.24, 2.45) is 0 Å². The van der Waals surface area contributed by atoms with Crippen molar-refractivity contribution < 1.29 is 87.9 Å². The number of ether oxygens (including phenoxy) is 4. The number of aliphatic hydroxyl groups is 8. The SMILES string of the molecule is CCCCCCCCC/C=C\CCCCCC(=O)OCC(COP(=O)(O)OC1C(O)C(O)C(O)C(O)C1OC1OC(CO)C(O)C(O)C1O)OC(=O)CCCCCCCCCCCCC. The van der Waals surface area contributed by atoms with E-state index in [1.165, 1.54) is 83.5 Å². The molecule has 1 aliphatic heterocycles. The zero-order chi connectivity index (χ0) is 48.0. The first kappa shape index (κ1) is 59.5. The number of unbranched alkanes of at least 4 members (excludes halogenated alkanes) is 20. The molecule has 2 fully saturated rings. The zero-order valence-corrected chi connectivity index (χ0v) is 39.9. The maximum absolute atomic E-state index is 13.4. The molecule has 1 saturated carbocycles. The van der Waals surface area contributed by atoms with Crippen LogP contribution in [0.15, 0.2) is 12.2 Å². The van der Waals surface area contributed by atoms with Gasteiger partial charge in [-0.2, -0.15) is 0 Å². The smallest absolute Gasteiger partial charge is 0.462 e. The lowest BCUT2D eigenvalue weighted by atomic mass is 9.84. The van der Waals surface area contributed by atoms with Crippen LogP contribution < -0.4 is 0 Å². The quantitative estimate of drug-likeness (QED) is 0.0173. The van der Waals surface area contributed by atoms with Crippen molar-refractivity contribution in [3.63, 3.8) is 0 Å². The van der Waals surface area contributed by atoms with E-state index in [2.05, 4.69) is 26.0 Å². The Bertz CT molecular complexity index is 1320. The number of phosphoric ester groups is 1. The fourth-order valence-corrected chi connectivity index (χ4v) is 8.84. The van der Waals surface area contributed by atoms with Crippen molar-refractivity contribution in [3.05, 3.63) is 12.2 Å². The normalized spacial score (nSPS) is 28.6. The van der Waals surface area contributed by atoms with Crippen LogP contribution in [0, 0.1) is 0 Å². The molecular weight excluding hydrogens is 871 g/mol. The van der Waals surface area contributed by atoms with Gasteiger partial charge in [0, 0.05) is 12.8 Å². The van der Waals surface area contributed by atoms with Crippen LogP contribution in [-0.4, -0.2) is 151 Å². The standard InChI is InChI=1S/C46H85O18P/c1-3-5-7-9-11-13-15-16-17-19-20-22-24-26-28-35(48)59-31-33(61-36(49)29-27-25-23-21-18-14-12-10-8-6-4-2)32-60-65(57,58)64-45-42(55)40(53)39(52)41(54)44(45)63-46-43(56)38(51)37(50)34(30-47)62-46/h17,19,33-34,37-47,50-56H,3-16,18,20-32H2,1-2H3,(H,57,58)/b19-17-. The van der Waals surface area contributed by atoms with Crippen molar-refractivity contribution in [1.29, 1.82) is 0 Å². The predicted octanol–water partition coefficient (Wildman–Crippen LogP) is 4.93. The Morgan fingerprint density at radius 1 is 0.569 bits per heavy atom. The average Bonchev–Trinajstić information content (AvgIpc) is 3.28. The Morgan fingerprint density at radius 3 is 1.54 bits per heavy atom. The molecule has 1 aliphatic carbocycles. The fourth-order valence-electron chi connectivity index (χ4n) is 7.87. The fraction of sp³-hybridized carbons (Fsp3) is 0.913. The lowest BCUT2D eigenvalue weighted by Crippen LogP contribution is -2.67. The van der Waals surface area contributed by atoms with Gasteiger partial charge in [0.2, 0.25) is 0 Å². The Morgan fingerprint density at radius 2 is 1.02 bits per heavy atom. The average molecular weight is 957 g/mol. The molecule has 0 amide bonds. The molecule has 0 aromatic rings. The van der Waals surface area contributed by atoms with Crippen LogP contribution in [0.5, 0.6) is 0 Å². The summed E-state index contributed by atoms with van der Waals surface area (Å²) in [5.74, 6) is -1.23. The van der Waals surface area contributed by atoms with Gasteiger partial charge in [-0.1, -0.05) is 135 Å². The molecule has 0 radical (unpaired) electrons. The molecule has 18 nitrogen and oxygen atoms in total. The highest BCUT2D eigenvalue weighted by Gasteiger charge is 2.55. The zero-order valence-electron chi connectivity index (χ0n) is 39.0. The summed E-state index contributed by atoms with van der Waals surface area (Å²) in [4.78, 5) is 36.4. The number of esters is 2. The Labute approximate surface area is 386 Å². The first-order chi connectivity index (χ1) is 31.2. The number of allylic oxidation sites excluding steroid dienone is 2. The van der Waals surface area contributed by atoms with Crippen molar-refractivity contribution >= 4 is 19.8 Å². The second-order valence-electron chi connectivity index (χ2n) is 17.7. The molecule has 0 spiro atoms. The summed E-state index contributed by atoms with van der Waals surface area (Å²) < 4.78 is 45.3. The van der Waals surface area contributed by atoms with Crippen molar-refractivity contribution in [1.82, 2.24) is 0 Å². The second kappa shape index (κ2) is 34.6. The third-order valence-corrected chi connectivity index (χ3v) is 13.0. The summed E-state index contributed by atoms with van der Waals surface area (Å²) in [6.07, 6.45) is 5.99. The first-order valence-corrected chi connectivity index (χ1v) is 26.0. The van der Waals surface area contributed by atoms with Gasteiger partial charge in [-0.05, 0) is 38.5 Å². The number of aliphatic hydroxyl groups excluding tert-OH is 8. The van der Waals surface area contributed by atoms with Crippen LogP contribution in [0.1, 0.15) is 174 Å². The van der Waals surface area contributed by atoms with Crippen LogP contribution in [-0.2, 0) is 42.1 Å². The number of hydrogen-bond donors (Lipinski definition) is 9. The summed E-state index contributed by atoms with van der Waals surface area (Å²) in [5, 5.41) is 82.8. The molecule has 1 saturated heterocycles. The lowest BCUT2D eigenvalue weighted by molar-refractivity contribution is -0.338. The van der Waals surface area contributed by atoms with Crippen LogP contribution in [0.3, 0.4) is 0 Å². The number of carbonyl (C=O) groups excluding carboxylic acids is 2. The highest BCUT2D eigenvalue weighted by molar-refractivity contribution is 7.47. The Balaban J connectivity index is 1.97. The van der Waals surface area contributed by atoms with Crippen LogP contribution in [0.4, 0.5) is 0 Å². The van der Waals surface area contributed by atoms with Gasteiger partial charge in [0.1, 0.15) is 67.6 Å². The van der Waals surface area contributed by atoms with Crippen LogP contribution in [0.25, 0.3) is 0 Å². The maximum atomic E-state index is 13.4. The minimum atomic E-state index is -5.37. The third-order valence-electron chi connectivity index (χ3n) is 12.0. The van der Waals surface area contributed by atoms with Gasteiger partial charge < -0.3 is 64.7 Å². The largest absolute Gasteiger partial charge is 0.472 e. The summed E-state index contributed by atoms with van der Waals surface area (Å²) in [6, 6.07) is 0. The summed E-state index contributed by atoms with van der Waals surface area (Å²) in [6.45, 7) is 2.19. The molecule has 9 N–H and O–H groups in total. The van der Waals surface area contributed by atoms with E-state index in [0.29, 0.717) is 12.8 Å². The molecule has 2 aliphatic rings. The molecule has 0 aromatic heterocycles. The Hall–Kier alpha value is -1.61. The van der Waals surface area contributed by atoms with Crippen molar-refractivity contribution in [2.45, 2.75) is 248 Å². The molecular formula is C46H85O18P. The summed E-state index contributed by atoms with van der Waals surface area (Å²) in [7, 11) is -5.37. The molecule has 2 rings (SSSR count). The van der Waals surface area contributed by atoms with Gasteiger partial charge in [-0.3, -0.25) is 18.6 Å². The van der Waals surface area contributed by atoms with Gasteiger partial charge >= 0.3 is 19.8 Å². The van der Waals surface area contributed by atoms with Gasteiger partial charge in [-0.25, -0.2) is 4.57 Å². The van der Waals surface area contributed by atoms with Gasteiger partial charge in [0.15, 0.2) is 12.4 Å². The van der Waals surface area contributed by atoms with Crippen molar-refractivity contribution in [2.75, 3.05) is 19.8 Å². The topological polar surface area (TPSA) is 289 Å². The minimum absolute atomic E-state index is 0.0333. The monoisotopic (exact) mass is 957 g/mol. The van der Waals surface area contributed by atoms with E-state index in [9.17, 15) is 59.9 Å². The van der Waals surface area contributed by atoms with Crippen LogP contribution in [0.2, 0.25) is 0 Å². The molecule has 1 heterocycles. The molecule has 13 unspecified atom stereocenters. The second-order valence-corrected chi connectivity index (χ2v) is 19.1. The number of rotatable bonds is 37. The summed E-state index contributed by atoms with van der Waals surface area (Å²) in [5.41, 5.74) is 0. The van der Waals surface area contributed by atoms with E-state index in [1.807, 2.05) is 0 Å². The lowest BCUT2D eigenvalue weighted by Gasteiger charge is -2.47. The van der Waals surface area contributed by atoms with Crippen LogP contribution >= 0.6 is 7.82 Å². The number of phosphoric acid groups is 1. The van der Waals surface area contributed by atoms with Gasteiger partial charge in [0.05, 0.1) is 13.2 Å². The van der Waals surface area contributed by atoms with E-state index in [-0.39, 0.29) is 12.8 Å². The molecule has 19 heteroatoms. The first-order valence-electron chi connectivity index (χ1n) is 24.5. The molecule has 382 valence electrons. The number of hydrogen-bond acceptors (Lipinski definition) is 17. The van der Waals surface area contributed by atoms with Crippen molar-refractivity contribution in [3.8, 4) is 0 Å². The van der Waals surface area contributed by atoms with E-state index < -0.39 is 113 Å². The minimum Gasteiger partial charge on any atom is -0.462 e. The van der Waals surface area contributed by atoms with Gasteiger partial charge in [0.25, 0.3) is 0 Å². The molecule has 65 heavy (non-hydrogen) atoms. The highest BCUT2D eigenvalue weighted by atomic mass is 31.2. The summed E-state index contributed by atoms with van der Waals surface area (Å²) >= 11 is 0. The van der Waals surface area contributed by atoms with Gasteiger partial charge in [-0.15, -0.1) is 0 Å². The predicted molar refractivity (Wildman–Crippen MR) is 240 cm³/mol. The van der Waals surface area contributed by atoms with E-state index in [1.54, 1.807) is 0 Å². The maximum Gasteiger partial charge on any atom is 0.472 e. The Kier molecular flexibility index (Phi) is 31.7.